The molecule has 0 saturated heterocycles. The lowest BCUT2D eigenvalue weighted by molar-refractivity contribution is -0.147. The van der Waals surface area contributed by atoms with Crippen molar-refractivity contribution in [2.45, 2.75) is 39.5 Å². The van der Waals surface area contributed by atoms with Gasteiger partial charge >= 0.3 is 5.97 Å². The molecular formula is C23H29NO5. The maximum absolute atomic E-state index is 12.0. The minimum absolute atomic E-state index is 0.0357. The van der Waals surface area contributed by atoms with Crippen LogP contribution in [0.4, 0.5) is 5.69 Å². The van der Waals surface area contributed by atoms with E-state index in [0.717, 1.165) is 0 Å². The molecule has 0 aliphatic rings. The quantitative estimate of drug-likeness (QED) is 0.635. The minimum atomic E-state index is -0.503. The molecule has 0 aromatic heterocycles. The first-order chi connectivity index (χ1) is 13.8. The molecule has 0 saturated carbocycles. The first kappa shape index (κ1) is 22.3. The van der Waals surface area contributed by atoms with Gasteiger partial charge in [0.25, 0.3) is 5.91 Å². The number of anilines is 1. The summed E-state index contributed by atoms with van der Waals surface area (Å²) >= 11 is 0. The molecule has 6 heteroatoms. The zero-order valence-corrected chi connectivity index (χ0v) is 17.5. The normalized spacial score (nSPS) is 10.9. The highest BCUT2D eigenvalue weighted by Crippen LogP contribution is 2.26. The fraction of sp³-hybridized carbons (Fsp3) is 0.391. The number of para-hydroxylation sites is 2. The van der Waals surface area contributed by atoms with Gasteiger partial charge in [0.05, 0.1) is 19.6 Å². The molecule has 2 aromatic rings. The molecule has 0 atom stereocenters. The fourth-order valence-corrected chi connectivity index (χ4v) is 2.56. The summed E-state index contributed by atoms with van der Waals surface area (Å²) in [6.45, 7) is 8.58. The highest BCUT2D eigenvalue weighted by atomic mass is 16.5. The third kappa shape index (κ3) is 7.49. The Labute approximate surface area is 172 Å². The van der Waals surface area contributed by atoms with Crippen LogP contribution in [-0.4, -0.2) is 31.7 Å². The van der Waals surface area contributed by atoms with Crippen molar-refractivity contribution >= 4 is 17.6 Å². The number of rotatable bonds is 9. The molecule has 0 unspecified atom stereocenters. The Kier molecular flexibility index (Phi) is 8.07. The molecule has 0 fully saturated rings. The Morgan fingerprint density at radius 1 is 0.931 bits per heavy atom. The Hall–Kier alpha value is -3.02. The topological polar surface area (TPSA) is 73.9 Å². The molecule has 0 bridgehead atoms. The Morgan fingerprint density at radius 2 is 1.55 bits per heavy atom. The van der Waals surface area contributed by atoms with Crippen LogP contribution in [-0.2, 0) is 19.7 Å². The fourth-order valence-electron chi connectivity index (χ4n) is 2.56. The van der Waals surface area contributed by atoms with Crippen molar-refractivity contribution in [3.05, 3.63) is 54.1 Å². The van der Waals surface area contributed by atoms with E-state index in [1.807, 2.05) is 43.3 Å². The van der Waals surface area contributed by atoms with Crippen molar-refractivity contribution in [2.24, 2.45) is 0 Å². The van der Waals surface area contributed by atoms with Gasteiger partial charge < -0.3 is 19.5 Å². The number of esters is 1. The van der Waals surface area contributed by atoms with Crippen LogP contribution < -0.4 is 14.8 Å². The number of benzene rings is 2. The molecule has 0 spiro atoms. The molecule has 156 valence electrons. The molecule has 0 radical (unpaired) electrons. The van der Waals surface area contributed by atoms with E-state index in [2.05, 4.69) is 26.1 Å². The van der Waals surface area contributed by atoms with Gasteiger partial charge in [-0.05, 0) is 42.2 Å². The molecule has 0 aliphatic heterocycles. The van der Waals surface area contributed by atoms with Crippen molar-refractivity contribution in [3.63, 3.8) is 0 Å². The van der Waals surface area contributed by atoms with Gasteiger partial charge in [0.1, 0.15) is 0 Å². The number of carbonyl (C=O) groups is 2. The maximum atomic E-state index is 12.0. The van der Waals surface area contributed by atoms with Crippen molar-refractivity contribution in [1.82, 2.24) is 0 Å². The van der Waals surface area contributed by atoms with Gasteiger partial charge in [-0.2, -0.15) is 0 Å². The summed E-state index contributed by atoms with van der Waals surface area (Å²) in [5.41, 5.74) is 1.88. The summed E-state index contributed by atoms with van der Waals surface area (Å²) < 4.78 is 16.0. The molecule has 0 aliphatic carbocycles. The molecular weight excluding hydrogens is 370 g/mol. The number of hydrogen-bond acceptors (Lipinski definition) is 5. The van der Waals surface area contributed by atoms with Crippen LogP contribution >= 0.6 is 0 Å². The highest BCUT2D eigenvalue weighted by molar-refractivity contribution is 5.92. The standard InChI is InChI=1S/C23H29NO5/c1-5-27-19-8-6-7-9-20(19)28-15-14-22(26)29-16-21(25)24-18-12-10-17(11-13-18)23(2,3)4/h6-13H,5,14-16H2,1-4H3,(H,24,25). The van der Waals surface area contributed by atoms with Crippen LogP contribution in [0.25, 0.3) is 0 Å². The van der Waals surface area contributed by atoms with Crippen LogP contribution in [0.15, 0.2) is 48.5 Å². The van der Waals surface area contributed by atoms with Crippen molar-refractivity contribution in [1.29, 1.82) is 0 Å². The van der Waals surface area contributed by atoms with Crippen LogP contribution in [0.1, 0.15) is 39.7 Å². The second kappa shape index (κ2) is 10.5. The summed E-state index contributed by atoms with van der Waals surface area (Å²) in [5.74, 6) is 0.306. The van der Waals surface area contributed by atoms with Crippen molar-refractivity contribution in [3.8, 4) is 11.5 Å². The number of ether oxygens (including phenoxy) is 3. The van der Waals surface area contributed by atoms with Gasteiger partial charge in [0, 0.05) is 5.69 Å². The van der Waals surface area contributed by atoms with E-state index >= 15 is 0 Å². The molecule has 29 heavy (non-hydrogen) atoms. The van der Waals surface area contributed by atoms with E-state index in [4.69, 9.17) is 14.2 Å². The highest BCUT2D eigenvalue weighted by Gasteiger charge is 2.14. The van der Waals surface area contributed by atoms with Gasteiger partial charge in [0.2, 0.25) is 0 Å². The molecule has 0 heterocycles. The van der Waals surface area contributed by atoms with Crippen LogP contribution in [0.5, 0.6) is 11.5 Å². The molecule has 1 amide bonds. The number of nitrogens with one attached hydrogen (secondary N) is 1. The third-order valence-corrected chi connectivity index (χ3v) is 4.11. The zero-order valence-electron chi connectivity index (χ0n) is 17.5. The second-order valence-corrected chi connectivity index (χ2v) is 7.51. The lowest BCUT2D eigenvalue weighted by atomic mass is 9.87. The Balaban J connectivity index is 1.71. The minimum Gasteiger partial charge on any atom is -0.490 e. The van der Waals surface area contributed by atoms with E-state index in [9.17, 15) is 9.59 Å². The average Bonchev–Trinajstić information content (AvgIpc) is 2.68. The molecule has 2 rings (SSSR count). The van der Waals surface area contributed by atoms with E-state index < -0.39 is 5.97 Å². The smallest absolute Gasteiger partial charge is 0.309 e. The first-order valence-electron chi connectivity index (χ1n) is 9.70. The van der Waals surface area contributed by atoms with E-state index in [-0.39, 0.29) is 31.0 Å². The number of amides is 1. The van der Waals surface area contributed by atoms with Crippen LogP contribution in [0, 0.1) is 0 Å². The van der Waals surface area contributed by atoms with Crippen molar-refractivity contribution in [2.75, 3.05) is 25.1 Å². The van der Waals surface area contributed by atoms with Gasteiger partial charge in [-0.1, -0.05) is 45.0 Å². The average molecular weight is 399 g/mol. The second-order valence-electron chi connectivity index (χ2n) is 7.51. The lowest BCUT2D eigenvalue weighted by Gasteiger charge is -2.19. The monoisotopic (exact) mass is 399 g/mol. The molecule has 1 N–H and O–H groups in total. The lowest BCUT2D eigenvalue weighted by Crippen LogP contribution is -2.21. The van der Waals surface area contributed by atoms with Gasteiger partial charge in [0.15, 0.2) is 18.1 Å². The third-order valence-electron chi connectivity index (χ3n) is 4.11. The largest absolute Gasteiger partial charge is 0.490 e. The first-order valence-corrected chi connectivity index (χ1v) is 9.70. The van der Waals surface area contributed by atoms with Gasteiger partial charge in [-0.25, -0.2) is 0 Å². The van der Waals surface area contributed by atoms with E-state index in [1.165, 1.54) is 5.56 Å². The predicted octanol–water partition coefficient (Wildman–Crippen LogP) is 4.33. The summed E-state index contributed by atoms with van der Waals surface area (Å²) in [6.07, 6.45) is 0.0357. The summed E-state index contributed by atoms with van der Waals surface area (Å²) in [7, 11) is 0. The molecule has 6 nitrogen and oxygen atoms in total. The summed E-state index contributed by atoms with van der Waals surface area (Å²) in [6, 6.07) is 14.9. The zero-order chi connectivity index (χ0) is 21.3. The number of carbonyl (C=O) groups excluding carboxylic acids is 2. The van der Waals surface area contributed by atoms with Gasteiger partial charge in [-0.3, -0.25) is 9.59 Å². The molecule has 2 aromatic carbocycles. The SMILES string of the molecule is CCOc1ccccc1OCCC(=O)OCC(=O)Nc1ccc(C(C)(C)C)cc1. The van der Waals surface area contributed by atoms with Crippen LogP contribution in [0.3, 0.4) is 0 Å². The maximum Gasteiger partial charge on any atom is 0.309 e. The van der Waals surface area contributed by atoms with Crippen LogP contribution in [0.2, 0.25) is 0 Å². The Morgan fingerprint density at radius 3 is 2.14 bits per heavy atom. The van der Waals surface area contributed by atoms with Gasteiger partial charge in [-0.15, -0.1) is 0 Å². The van der Waals surface area contributed by atoms with Crippen molar-refractivity contribution < 1.29 is 23.8 Å². The predicted molar refractivity (Wildman–Crippen MR) is 112 cm³/mol. The number of hydrogen-bond donors (Lipinski definition) is 1. The Bertz CT molecular complexity index is 809. The summed E-state index contributed by atoms with van der Waals surface area (Å²) in [4.78, 5) is 23.8. The summed E-state index contributed by atoms with van der Waals surface area (Å²) in [5, 5.41) is 2.72. The van der Waals surface area contributed by atoms with E-state index in [1.54, 1.807) is 12.1 Å². The van der Waals surface area contributed by atoms with E-state index in [0.29, 0.717) is 23.8 Å².